The van der Waals surface area contributed by atoms with Gasteiger partial charge in [0.15, 0.2) is 6.20 Å². The summed E-state index contributed by atoms with van der Waals surface area (Å²) in [6.45, 7) is 0. The minimum atomic E-state index is 0.712. The van der Waals surface area contributed by atoms with Crippen LogP contribution in [0, 0.1) is 0 Å². The molecule has 1 aromatic heterocycles. The van der Waals surface area contributed by atoms with Crippen molar-refractivity contribution < 1.29 is 4.74 Å². The highest BCUT2D eigenvalue weighted by Crippen LogP contribution is 2.31. The fourth-order valence-corrected chi connectivity index (χ4v) is 2.92. The van der Waals surface area contributed by atoms with E-state index in [1.807, 2.05) is 54.9 Å². The lowest BCUT2D eigenvalue weighted by atomic mass is 10.0. The number of fused-ring (bicyclic) bond motifs is 1. The molecule has 0 saturated heterocycles. The number of rotatable bonds is 4. The SMILES string of the molecule is C1=CC(C2=C3C=NC=C[N+]3C(c3ccc(Oc4cccnc4)cc3)=N2)=C1. The molecule has 1 radical (unpaired) electrons. The number of hydrogen-bond donors (Lipinski definition) is 0. The molecule has 3 heterocycles. The maximum Gasteiger partial charge on any atom is 0.295 e. The minimum absolute atomic E-state index is 0.712. The van der Waals surface area contributed by atoms with E-state index in [1.165, 1.54) is 0 Å². The van der Waals surface area contributed by atoms with E-state index >= 15 is 0 Å². The number of aromatic nitrogens is 1. The average molecular weight is 338 g/mol. The fraction of sp³-hybridized carbons (Fsp3) is 0. The third-order valence-corrected chi connectivity index (χ3v) is 4.25. The number of benzene rings is 1. The molecule has 0 amide bonds. The van der Waals surface area contributed by atoms with Gasteiger partial charge in [-0.15, -0.1) is 0 Å². The molecule has 26 heavy (non-hydrogen) atoms. The number of amidine groups is 1. The van der Waals surface area contributed by atoms with Gasteiger partial charge in [-0.05, 0) is 41.3 Å². The molecule has 3 aliphatic rings. The predicted molar refractivity (Wildman–Crippen MR) is 101 cm³/mol. The van der Waals surface area contributed by atoms with Crippen LogP contribution in [0.25, 0.3) is 0 Å². The molecule has 5 nitrogen and oxygen atoms in total. The lowest BCUT2D eigenvalue weighted by Crippen LogP contribution is -2.30. The van der Waals surface area contributed by atoms with Crippen molar-refractivity contribution in [2.75, 3.05) is 0 Å². The highest BCUT2D eigenvalue weighted by molar-refractivity contribution is 6.10. The zero-order valence-corrected chi connectivity index (χ0v) is 13.8. The predicted octanol–water partition coefficient (Wildman–Crippen LogP) is 4.04. The fourth-order valence-electron chi connectivity index (χ4n) is 2.92. The van der Waals surface area contributed by atoms with Crippen molar-refractivity contribution in [1.82, 2.24) is 9.88 Å². The van der Waals surface area contributed by atoms with E-state index in [-0.39, 0.29) is 0 Å². The van der Waals surface area contributed by atoms with Gasteiger partial charge in [-0.25, -0.2) is 0 Å². The first kappa shape index (κ1) is 14.7. The Morgan fingerprint density at radius 3 is 2.62 bits per heavy atom. The second-order valence-corrected chi connectivity index (χ2v) is 5.91. The Labute approximate surface area is 150 Å². The Morgan fingerprint density at radius 2 is 1.88 bits per heavy atom. The van der Waals surface area contributed by atoms with Crippen molar-refractivity contribution in [1.29, 1.82) is 0 Å². The summed E-state index contributed by atoms with van der Waals surface area (Å²) in [4.78, 5) is 15.2. The number of hydrogen-bond acceptors (Lipinski definition) is 5. The molecule has 1 aliphatic carbocycles. The normalized spacial score (nSPS) is 17.7. The minimum Gasteiger partial charge on any atom is -0.456 e. The molecular weight excluding hydrogens is 324 g/mol. The van der Waals surface area contributed by atoms with Gasteiger partial charge in [0, 0.05) is 11.8 Å². The van der Waals surface area contributed by atoms with Gasteiger partial charge < -0.3 is 4.74 Å². The third kappa shape index (κ3) is 2.51. The van der Waals surface area contributed by atoms with E-state index in [0.717, 1.165) is 34.1 Å². The molecule has 2 aliphatic heterocycles. The summed E-state index contributed by atoms with van der Waals surface area (Å²) in [5.41, 5.74) is 4.08. The standard InChI is InChI=1S/C21H14N4O/c1-3-15(4-1)20-19-14-23-11-12-25(19)21(24-20)16-6-8-17(9-7-16)26-18-5-2-10-22-13-18/h1-14H/q+1. The lowest BCUT2D eigenvalue weighted by Gasteiger charge is -2.08. The van der Waals surface area contributed by atoms with E-state index < -0.39 is 0 Å². The molecule has 0 unspecified atom stereocenters. The summed E-state index contributed by atoms with van der Waals surface area (Å²) >= 11 is 0. The van der Waals surface area contributed by atoms with Crippen molar-refractivity contribution in [2.24, 2.45) is 9.98 Å². The van der Waals surface area contributed by atoms with E-state index in [9.17, 15) is 0 Å². The maximum atomic E-state index is 5.81. The molecule has 0 N–H and O–H groups in total. The summed E-state index contributed by atoms with van der Waals surface area (Å²) in [5.74, 6) is 2.35. The van der Waals surface area contributed by atoms with Crippen molar-refractivity contribution in [3.8, 4) is 11.5 Å². The second kappa shape index (κ2) is 6.06. The molecule has 0 bridgehead atoms. The van der Waals surface area contributed by atoms with Gasteiger partial charge in [-0.1, -0.05) is 18.2 Å². The largest absolute Gasteiger partial charge is 0.456 e. The topological polar surface area (TPSA) is 52.7 Å². The number of allylic oxidation sites excluding steroid dienone is 4. The first-order valence-electron chi connectivity index (χ1n) is 8.28. The van der Waals surface area contributed by atoms with Crippen LogP contribution in [0.4, 0.5) is 0 Å². The van der Waals surface area contributed by atoms with Gasteiger partial charge in [0.2, 0.25) is 5.70 Å². The van der Waals surface area contributed by atoms with Crippen molar-refractivity contribution in [3.05, 3.63) is 102 Å². The van der Waals surface area contributed by atoms with Crippen LogP contribution in [-0.2, 0) is 0 Å². The Morgan fingerprint density at radius 1 is 1.00 bits per heavy atom. The second-order valence-electron chi connectivity index (χ2n) is 5.91. The van der Waals surface area contributed by atoms with E-state index in [4.69, 9.17) is 9.73 Å². The molecule has 5 rings (SSSR count). The highest BCUT2D eigenvalue weighted by Gasteiger charge is 2.39. The molecule has 5 heteroatoms. The molecule has 0 saturated carbocycles. The zero-order chi connectivity index (χ0) is 17.3. The number of nitrogens with zero attached hydrogens (tertiary/aromatic N) is 4. The van der Waals surface area contributed by atoms with Crippen LogP contribution in [0.5, 0.6) is 11.5 Å². The summed E-state index contributed by atoms with van der Waals surface area (Å²) in [5, 5.41) is 0. The molecule has 123 valence electrons. The summed E-state index contributed by atoms with van der Waals surface area (Å²) in [6.07, 6.45) is 15.1. The lowest BCUT2D eigenvalue weighted by molar-refractivity contribution is 0.480. The smallest absolute Gasteiger partial charge is 0.295 e. The van der Waals surface area contributed by atoms with Gasteiger partial charge in [0.05, 0.1) is 24.2 Å². The Bertz CT molecular complexity index is 1040. The summed E-state index contributed by atoms with van der Waals surface area (Å²) in [6, 6.07) is 11.6. The molecule has 2 aromatic rings. The van der Waals surface area contributed by atoms with E-state index in [2.05, 4.69) is 27.0 Å². The molecule has 0 atom stereocenters. The number of aliphatic imine (C=N–C) groups is 2. The van der Waals surface area contributed by atoms with Crippen molar-refractivity contribution >= 4 is 12.1 Å². The van der Waals surface area contributed by atoms with Crippen LogP contribution in [0.15, 0.2) is 106 Å². The van der Waals surface area contributed by atoms with Crippen LogP contribution < -0.4 is 9.64 Å². The van der Waals surface area contributed by atoms with Gasteiger partial charge in [-0.2, -0.15) is 4.99 Å². The van der Waals surface area contributed by atoms with Gasteiger partial charge >= 0.3 is 0 Å². The maximum absolute atomic E-state index is 5.81. The van der Waals surface area contributed by atoms with E-state index in [0.29, 0.717) is 5.75 Å². The van der Waals surface area contributed by atoms with Crippen LogP contribution >= 0.6 is 0 Å². The summed E-state index contributed by atoms with van der Waals surface area (Å²) < 4.78 is 5.81. The van der Waals surface area contributed by atoms with Crippen molar-refractivity contribution in [2.45, 2.75) is 0 Å². The molecule has 0 spiro atoms. The van der Waals surface area contributed by atoms with Gasteiger partial charge in [0.1, 0.15) is 17.2 Å². The van der Waals surface area contributed by atoms with Gasteiger partial charge in [-0.3, -0.25) is 9.98 Å². The summed E-state index contributed by atoms with van der Waals surface area (Å²) in [7, 11) is 0. The van der Waals surface area contributed by atoms with Crippen LogP contribution in [0.2, 0.25) is 0 Å². The Hall–Kier alpha value is -3.57. The zero-order valence-electron chi connectivity index (χ0n) is 13.8. The average Bonchev–Trinajstić information content (AvgIpc) is 3.01. The number of ether oxygens (including phenoxy) is 1. The van der Waals surface area contributed by atoms with E-state index in [1.54, 1.807) is 18.6 Å². The Balaban J connectivity index is 1.43. The molecule has 1 aromatic carbocycles. The number of pyridine rings is 1. The van der Waals surface area contributed by atoms with Crippen molar-refractivity contribution in [3.63, 3.8) is 0 Å². The van der Waals surface area contributed by atoms with Crippen LogP contribution in [-0.4, -0.2) is 17.0 Å². The van der Waals surface area contributed by atoms with Crippen LogP contribution in [0.3, 0.4) is 0 Å². The third-order valence-electron chi connectivity index (χ3n) is 4.25. The molecule has 0 fully saturated rings. The monoisotopic (exact) mass is 338 g/mol. The van der Waals surface area contributed by atoms with Crippen LogP contribution in [0.1, 0.15) is 5.56 Å². The van der Waals surface area contributed by atoms with Gasteiger partial charge in [0.25, 0.3) is 5.84 Å². The highest BCUT2D eigenvalue weighted by atomic mass is 16.5. The Kier molecular flexibility index (Phi) is 3.43. The quantitative estimate of drug-likeness (QED) is 0.790. The first-order chi connectivity index (χ1) is 12.9. The molecular formula is C21H14N4O+. The first-order valence-corrected chi connectivity index (χ1v) is 8.28.